The predicted octanol–water partition coefficient (Wildman–Crippen LogP) is 10.9. The lowest BCUT2D eigenvalue weighted by Crippen LogP contribution is -2.13. The third-order valence-electron chi connectivity index (χ3n) is 8.74. The van der Waals surface area contributed by atoms with Crippen LogP contribution in [0.15, 0.2) is 158 Å². The molecule has 0 atom stereocenters. The summed E-state index contributed by atoms with van der Waals surface area (Å²) in [6, 6.07) is 55.1. The van der Waals surface area contributed by atoms with E-state index < -0.39 is 0 Å². The molecular weight excluding hydrogens is 560 g/mol. The third kappa shape index (κ3) is 4.23. The zero-order valence-electron chi connectivity index (χ0n) is 25.0. The summed E-state index contributed by atoms with van der Waals surface area (Å²) in [5, 5.41) is 2.35. The van der Waals surface area contributed by atoms with Gasteiger partial charge < -0.3 is 4.90 Å². The fraction of sp³-hybridized carbons (Fsp3) is 0. The van der Waals surface area contributed by atoms with Crippen LogP contribution >= 0.6 is 0 Å². The number of aromatic nitrogens is 3. The molecule has 3 heterocycles. The van der Waals surface area contributed by atoms with E-state index in [2.05, 4.69) is 155 Å². The van der Waals surface area contributed by atoms with Crippen molar-refractivity contribution in [3.63, 3.8) is 0 Å². The standard InChI is InChI=1S/C42H28N4/c1-4-14-29(15-5-1)36-28-39(44-42(43-36)32-17-6-2-7-18-32)46-38-23-13-11-21-34(38)35-27-26-31-25-24-30-16-10-12-22-37(30)45(40(31)41(35)46)33-19-8-3-9-20-33/h1-28H. The molecule has 0 radical (unpaired) electrons. The maximum atomic E-state index is 5.30. The van der Waals surface area contributed by atoms with Gasteiger partial charge in [0.15, 0.2) is 5.82 Å². The monoisotopic (exact) mass is 588 g/mol. The number of anilines is 3. The van der Waals surface area contributed by atoms with Crippen molar-refractivity contribution in [2.45, 2.75) is 0 Å². The third-order valence-corrected chi connectivity index (χ3v) is 8.74. The van der Waals surface area contributed by atoms with E-state index in [1.165, 1.54) is 10.8 Å². The van der Waals surface area contributed by atoms with Gasteiger partial charge in [-0.25, -0.2) is 9.97 Å². The van der Waals surface area contributed by atoms with Gasteiger partial charge in [0, 0.05) is 39.2 Å². The Balaban J connectivity index is 1.43. The van der Waals surface area contributed by atoms with Crippen molar-refractivity contribution < 1.29 is 0 Å². The molecule has 2 aromatic heterocycles. The second-order valence-corrected chi connectivity index (χ2v) is 11.5. The van der Waals surface area contributed by atoms with E-state index in [-0.39, 0.29) is 0 Å². The number of rotatable bonds is 4. The van der Waals surface area contributed by atoms with Crippen LogP contribution in [-0.4, -0.2) is 14.5 Å². The molecule has 9 rings (SSSR count). The molecule has 0 spiro atoms. The number of hydrogen-bond donors (Lipinski definition) is 0. The van der Waals surface area contributed by atoms with E-state index in [0.29, 0.717) is 5.82 Å². The molecule has 4 heteroatoms. The molecule has 0 N–H and O–H groups in total. The van der Waals surface area contributed by atoms with Gasteiger partial charge in [-0.05, 0) is 29.8 Å². The Kier molecular flexibility index (Phi) is 6.10. The summed E-state index contributed by atoms with van der Waals surface area (Å²) in [7, 11) is 0. The lowest BCUT2D eigenvalue weighted by Gasteiger charge is -2.28. The highest BCUT2D eigenvalue weighted by Crippen LogP contribution is 2.48. The van der Waals surface area contributed by atoms with Crippen LogP contribution in [0.25, 0.3) is 62.4 Å². The van der Waals surface area contributed by atoms with Crippen LogP contribution in [0.2, 0.25) is 0 Å². The maximum absolute atomic E-state index is 5.30. The van der Waals surface area contributed by atoms with Gasteiger partial charge in [0.2, 0.25) is 0 Å². The molecule has 4 nitrogen and oxygen atoms in total. The minimum absolute atomic E-state index is 0.690. The summed E-state index contributed by atoms with van der Waals surface area (Å²) < 4.78 is 2.34. The second-order valence-electron chi connectivity index (χ2n) is 11.5. The first-order valence-corrected chi connectivity index (χ1v) is 15.5. The van der Waals surface area contributed by atoms with Crippen molar-refractivity contribution in [2.75, 3.05) is 4.90 Å². The Bertz CT molecular complexity index is 2350. The van der Waals surface area contributed by atoms with Gasteiger partial charge in [0.25, 0.3) is 0 Å². The SMILES string of the molecule is C1=Cc2ccc3c4ccccc4n(-c4cc(-c5ccccc5)nc(-c5ccccc5)n4)c3c2N(c2ccccc2)c2ccccc21. The van der Waals surface area contributed by atoms with Gasteiger partial charge >= 0.3 is 0 Å². The van der Waals surface area contributed by atoms with Crippen molar-refractivity contribution in [2.24, 2.45) is 0 Å². The Morgan fingerprint density at radius 3 is 1.93 bits per heavy atom. The average Bonchev–Trinajstić information content (AvgIpc) is 3.37. The van der Waals surface area contributed by atoms with E-state index in [4.69, 9.17) is 9.97 Å². The van der Waals surface area contributed by atoms with Crippen LogP contribution < -0.4 is 4.90 Å². The van der Waals surface area contributed by atoms with Crippen LogP contribution in [0, 0.1) is 0 Å². The molecule has 0 saturated carbocycles. The van der Waals surface area contributed by atoms with Gasteiger partial charge in [-0.3, -0.25) is 4.57 Å². The van der Waals surface area contributed by atoms with Crippen molar-refractivity contribution in [1.29, 1.82) is 0 Å². The smallest absolute Gasteiger partial charge is 0.162 e. The summed E-state index contributed by atoms with van der Waals surface area (Å²) in [5.41, 5.74) is 10.7. The first-order valence-electron chi connectivity index (χ1n) is 15.5. The Morgan fingerprint density at radius 2 is 1.13 bits per heavy atom. The van der Waals surface area contributed by atoms with Crippen LogP contribution in [0.3, 0.4) is 0 Å². The summed E-state index contributed by atoms with van der Waals surface area (Å²) in [6.45, 7) is 0. The molecule has 46 heavy (non-hydrogen) atoms. The minimum atomic E-state index is 0.690. The number of fused-ring (bicyclic) bond motifs is 6. The molecular formula is C42H28N4. The molecule has 0 saturated heterocycles. The van der Waals surface area contributed by atoms with Crippen molar-refractivity contribution >= 4 is 51.0 Å². The first-order chi connectivity index (χ1) is 22.8. The lowest BCUT2D eigenvalue weighted by atomic mass is 10.1. The lowest BCUT2D eigenvalue weighted by molar-refractivity contribution is 1.04. The highest BCUT2D eigenvalue weighted by Gasteiger charge is 2.27. The fourth-order valence-corrected chi connectivity index (χ4v) is 6.66. The van der Waals surface area contributed by atoms with Gasteiger partial charge in [0.05, 0.1) is 28.1 Å². The largest absolute Gasteiger partial charge is 0.307 e. The van der Waals surface area contributed by atoms with Gasteiger partial charge in [-0.1, -0.05) is 140 Å². The van der Waals surface area contributed by atoms with Gasteiger partial charge in [0.1, 0.15) is 5.82 Å². The highest BCUT2D eigenvalue weighted by atomic mass is 15.2. The quantitative estimate of drug-likeness (QED) is 0.205. The Labute approximate surface area is 267 Å². The van der Waals surface area contributed by atoms with E-state index >= 15 is 0 Å². The molecule has 1 aliphatic heterocycles. The molecule has 0 fully saturated rings. The first kappa shape index (κ1) is 26.2. The normalized spacial score (nSPS) is 12.2. The van der Waals surface area contributed by atoms with Crippen molar-refractivity contribution in [3.05, 3.63) is 169 Å². The second kappa shape index (κ2) is 10.7. The molecule has 216 valence electrons. The maximum Gasteiger partial charge on any atom is 0.162 e. The molecule has 0 bridgehead atoms. The van der Waals surface area contributed by atoms with Crippen LogP contribution in [0.1, 0.15) is 11.1 Å². The summed E-state index contributed by atoms with van der Waals surface area (Å²) in [6.07, 6.45) is 4.46. The summed E-state index contributed by atoms with van der Waals surface area (Å²) in [4.78, 5) is 12.8. The molecule has 0 aliphatic carbocycles. The van der Waals surface area contributed by atoms with Crippen LogP contribution in [0.5, 0.6) is 0 Å². The predicted molar refractivity (Wildman–Crippen MR) is 191 cm³/mol. The number of benzene rings is 6. The van der Waals surface area contributed by atoms with Gasteiger partial charge in [-0.15, -0.1) is 0 Å². The zero-order valence-corrected chi connectivity index (χ0v) is 25.0. The Hall–Kier alpha value is -6.26. The molecule has 0 amide bonds. The number of nitrogens with zero attached hydrogens (tertiary/aromatic N) is 4. The fourth-order valence-electron chi connectivity index (χ4n) is 6.66. The molecule has 0 unspecified atom stereocenters. The number of hydrogen-bond acceptors (Lipinski definition) is 3. The zero-order chi connectivity index (χ0) is 30.5. The van der Waals surface area contributed by atoms with E-state index in [1.807, 2.05) is 24.3 Å². The van der Waals surface area contributed by atoms with E-state index in [1.54, 1.807) is 0 Å². The average molecular weight is 589 g/mol. The van der Waals surface area contributed by atoms with Crippen molar-refractivity contribution in [3.8, 4) is 28.5 Å². The Morgan fingerprint density at radius 1 is 0.478 bits per heavy atom. The van der Waals surface area contributed by atoms with Crippen molar-refractivity contribution in [1.82, 2.24) is 14.5 Å². The van der Waals surface area contributed by atoms with E-state index in [9.17, 15) is 0 Å². The molecule has 1 aliphatic rings. The molecule has 6 aromatic carbocycles. The van der Waals surface area contributed by atoms with Crippen LogP contribution in [0.4, 0.5) is 17.1 Å². The summed E-state index contributed by atoms with van der Waals surface area (Å²) >= 11 is 0. The molecule has 8 aromatic rings. The highest BCUT2D eigenvalue weighted by molar-refractivity contribution is 6.16. The summed E-state index contributed by atoms with van der Waals surface area (Å²) in [5.74, 6) is 1.51. The number of para-hydroxylation sites is 3. The minimum Gasteiger partial charge on any atom is -0.307 e. The van der Waals surface area contributed by atoms with E-state index in [0.717, 1.165) is 61.9 Å². The topological polar surface area (TPSA) is 34.0 Å². The van der Waals surface area contributed by atoms with Gasteiger partial charge in [-0.2, -0.15) is 0 Å². The van der Waals surface area contributed by atoms with Crippen LogP contribution in [-0.2, 0) is 0 Å².